The third-order valence-corrected chi connectivity index (χ3v) is 8.95. The number of unbranched alkanes of at least 4 members (excludes halogenated alkanes) is 15. The van der Waals surface area contributed by atoms with Crippen molar-refractivity contribution in [2.45, 2.75) is 180 Å². The molecule has 44 heavy (non-hydrogen) atoms. The van der Waals surface area contributed by atoms with Gasteiger partial charge in [-0.3, -0.25) is 19.3 Å². The molecule has 8 nitrogen and oxygen atoms in total. The summed E-state index contributed by atoms with van der Waals surface area (Å²) in [5, 5.41) is 4.10. The average molecular weight is 625 g/mol. The highest BCUT2D eigenvalue weighted by molar-refractivity contribution is 5.69. The third-order valence-electron chi connectivity index (χ3n) is 8.95. The molecule has 2 aliphatic rings. The lowest BCUT2D eigenvalue weighted by atomic mass is 10.1. The smallest absolute Gasteiger partial charge is 0.306 e. The summed E-state index contributed by atoms with van der Waals surface area (Å²) in [5.41, 5.74) is 0. The maximum absolute atomic E-state index is 12.3. The first-order valence-corrected chi connectivity index (χ1v) is 18.7. The van der Waals surface area contributed by atoms with Crippen LogP contribution in [-0.2, 0) is 28.7 Å². The topological polar surface area (TPSA) is 77.5 Å². The average Bonchev–Trinajstić information content (AvgIpc) is 3.03. The van der Waals surface area contributed by atoms with Crippen LogP contribution in [0.4, 0.5) is 0 Å². The molecule has 2 saturated heterocycles. The van der Waals surface area contributed by atoms with Crippen molar-refractivity contribution in [1.82, 2.24) is 10.1 Å². The number of esters is 2. The maximum Gasteiger partial charge on any atom is 0.306 e. The van der Waals surface area contributed by atoms with Gasteiger partial charge in [-0.2, -0.15) is 10.1 Å². The summed E-state index contributed by atoms with van der Waals surface area (Å²) in [5.74, 6) is -0.121. The predicted octanol–water partition coefficient (Wildman–Crippen LogP) is 8.71. The molecule has 0 N–H and O–H groups in total. The van der Waals surface area contributed by atoms with Crippen LogP contribution < -0.4 is 0 Å². The Hall–Kier alpha value is -1.22. The van der Waals surface area contributed by atoms with E-state index in [4.69, 9.17) is 19.1 Å². The highest BCUT2D eigenvalue weighted by atomic mass is 16.7. The van der Waals surface area contributed by atoms with Crippen LogP contribution in [0.5, 0.6) is 0 Å². The van der Waals surface area contributed by atoms with Crippen LogP contribution in [-0.4, -0.2) is 73.7 Å². The van der Waals surface area contributed by atoms with Crippen molar-refractivity contribution >= 4 is 11.9 Å². The molecule has 0 unspecified atom stereocenters. The summed E-state index contributed by atoms with van der Waals surface area (Å²) in [6.07, 6.45) is 25.8. The minimum Gasteiger partial charge on any atom is -0.462 e. The van der Waals surface area contributed by atoms with E-state index in [9.17, 15) is 9.59 Å². The van der Waals surface area contributed by atoms with Gasteiger partial charge in [0.2, 0.25) is 0 Å². The second-order valence-corrected chi connectivity index (χ2v) is 13.1. The van der Waals surface area contributed by atoms with Crippen LogP contribution in [0.3, 0.4) is 0 Å². The molecule has 8 heteroatoms. The Morgan fingerprint density at radius 3 is 1.16 bits per heavy atom. The first-order chi connectivity index (χ1) is 21.6. The van der Waals surface area contributed by atoms with E-state index in [0.717, 1.165) is 116 Å². The Morgan fingerprint density at radius 1 is 0.477 bits per heavy atom. The quantitative estimate of drug-likeness (QED) is 0.0663. The van der Waals surface area contributed by atoms with Crippen LogP contribution in [0, 0.1) is 0 Å². The van der Waals surface area contributed by atoms with E-state index in [1.54, 1.807) is 0 Å². The van der Waals surface area contributed by atoms with Crippen LogP contribution in [0.2, 0.25) is 0 Å². The second-order valence-electron chi connectivity index (χ2n) is 13.1. The van der Waals surface area contributed by atoms with Gasteiger partial charge in [0.25, 0.3) is 0 Å². The summed E-state index contributed by atoms with van der Waals surface area (Å²) in [4.78, 5) is 36.3. The SMILES string of the molecule is CCCCCCCCON1CCC(OC(=O)CCCCCCCCC(=O)OC2CCN(OCCCCCCCC)CC2)CC1. The van der Waals surface area contributed by atoms with E-state index >= 15 is 0 Å². The molecule has 0 aromatic heterocycles. The van der Waals surface area contributed by atoms with Gasteiger partial charge in [-0.05, 0) is 51.4 Å². The molecule has 0 saturated carbocycles. The largest absolute Gasteiger partial charge is 0.462 e. The summed E-state index contributed by atoms with van der Waals surface area (Å²) in [6, 6.07) is 0. The molecule has 0 aromatic carbocycles. The molecule has 2 aliphatic heterocycles. The van der Waals surface area contributed by atoms with Crippen molar-refractivity contribution in [2.24, 2.45) is 0 Å². The van der Waals surface area contributed by atoms with Crippen LogP contribution >= 0.6 is 0 Å². The molecule has 2 fully saturated rings. The van der Waals surface area contributed by atoms with Gasteiger partial charge in [-0.25, -0.2) is 0 Å². The number of rotatable bonds is 27. The van der Waals surface area contributed by atoms with Gasteiger partial charge >= 0.3 is 11.9 Å². The Balaban J connectivity index is 1.34. The Kier molecular flexibility index (Phi) is 23.9. The fraction of sp³-hybridized carbons (Fsp3) is 0.944. The number of hydrogen-bond donors (Lipinski definition) is 0. The number of nitrogens with zero attached hydrogens (tertiary/aromatic N) is 2. The van der Waals surface area contributed by atoms with E-state index < -0.39 is 0 Å². The lowest BCUT2D eigenvalue weighted by Gasteiger charge is -2.30. The zero-order valence-electron chi connectivity index (χ0n) is 28.7. The predicted molar refractivity (Wildman–Crippen MR) is 177 cm³/mol. The molecule has 2 rings (SSSR count). The van der Waals surface area contributed by atoms with Gasteiger partial charge < -0.3 is 9.47 Å². The maximum atomic E-state index is 12.3. The fourth-order valence-electron chi connectivity index (χ4n) is 6.05. The number of carbonyl (C=O) groups is 2. The highest BCUT2D eigenvalue weighted by Crippen LogP contribution is 2.18. The standard InChI is InChI=1S/C36H68N2O6/c1-3-5-7-9-15-19-31-41-37-27-23-33(24-28-37)43-35(39)21-17-13-11-12-14-18-22-36(40)44-34-25-29-38(30-26-34)42-32-20-16-10-8-6-4-2/h33-34H,3-32H2,1-2H3. The number of ether oxygens (including phenoxy) is 2. The molecular weight excluding hydrogens is 556 g/mol. The van der Waals surface area contributed by atoms with Crippen molar-refractivity contribution in [1.29, 1.82) is 0 Å². The molecule has 0 aliphatic carbocycles. The highest BCUT2D eigenvalue weighted by Gasteiger charge is 2.23. The molecule has 0 radical (unpaired) electrons. The summed E-state index contributed by atoms with van der Waals surface area (Å²) < 4.78 is 11.4. The first-order valence-electron chi connectivity index (χ1n) is 18.7. The lowest BCUT2D eigenvalue weighted by molar-refractivity contribution is -0.188. The summed E-state index contributed by atoms with van der Waals surface area (Å²) in [7, 11) is 0. The number of hydrogen-bond acceptors (Lipinski definition) is 8. The first kappa shape index (κ1) is 39.0. The molecule has 0 amide bonds. The summed E-state index contributed by atoms with van der Waals surface area (Å²) in [6.45, 7) is 9.46. The van der Waals surface area contributed by atoms with E-state index in [-0.39, 0.29) is 24.1 Å². The number of hydroxylamine groups is 4. The molecule has 0 spiro atoms. The minimum atomic E-state index is -0.0607. The monoisotopic (exact) mass is 625 g/mol. The normalized spacial score (nSPS) is 17.2. The Labute approximate surface area is 270 Å². The third kappa shape index (κ3) is 20.7. The van der Waals surface area contributed by atoms with E-state index in [2.05, 4.69) is 13.8 Å². The van der Waals surface area contributed by atoms with Crippen molar-refractivity contribution in [2.75, 3.05) is 39.4 Å². The molecule has 0 atom stereocenters. The number of carbonyl (C=O) groups excluding carboxylic acids is 2. The van der Waals surface area contributed by atoms with Crippen LogP contribution in [0.1, 0.15) is 168 Å². The summed E-state index contributed by atoms with van der Waals surface area (Å²) >= 11 is 0. The van der Waals surface area contributed by atoms with E-state index in [1.165, 1.54) is 64.2 Å². The fourth-order valence-corrected chi connectivity index (χ4v) is 6.05. The lowest BCUT2D eigenvalue weighted by Crippen LogP contribution is -2.38. The van der Waals surface area contributed by atoms with Gasteiger partial charge in [0, 0.05) is 39.0 Å². The molecular formula is C36H68N2O6. The van der Waals surface area contributed by atoms with Crippen molar-refractivity contribution in [3.8, 4) is 0 Å². The van der Waals surface area contributed by atoms with Crippen LogP contribution in [0.15, 0.2) is 0 Å². The molecule has 0 aromatic rings. The van der Waals surface area contributed by atoms with Gasteiger partial charge in [0.15, 0.2) is 0 Å². The number of piperidine rings is 2. The van der Waals surface area contributed by atoms with E-state index in [1.807, 2.05) is 10.1 Å². The van der Waals surface area contributed by atoms with E-state index in [0.29, 0.717) is 12.8 Å². The van der Waals surface area contributed by atoms with Gasteiger partial charge in [0.05, 0.1) is 13.2 Å². The van der Waals surface area contributed by atoms with Crippen LogP contribution in [0.25, 0.3) is 0 Å². The zero-order valence-corrected chi connectivity index (χ0v) is 28.7. The Bertz CT molecular complexity index is 634. The Morgan fingerprint density at radius 2 is 0.795 bits per heavy atom. The second kappa shape index (κ2) is 26.9. The van der Waals surface area contributed by atoms with Crippen molar-refractivity contribution in [3.05, 3.63) is 0 Å². The van der Waals surface area contributed by atoms with Crippen molar-refractivity contribution < 1.29 is 28.7 Å². The van der Waals surface area contributed by atoms with Gasteiger partial charge in [-0.1, -0.05) is 104 Å². The zero-order chi connectivity index (χ0) is 31.5. The van der Waals surface area contributed by atoms with Crippen molar-refractivity contribution in [3.63, 3.8) is 0 Å². The van der Waals surface area contributed by atoms with Gasteiger partial charge in [-0.15, -0.1) is 0 Å². The van der Waals surface area contributed by atoms with Gasteiger partial charge in [0.1, 0.15) is 12.2 Å². The minimum absolute atomic E-state index is 0.0342. The molecule has 0 bridgehead atoms. The molecule has 258 valence electrons. The molecule has 2 heterocycles.